The van der Waals surface area contributed by atoms with Crippen LogP contribution in [0.5, 0.6) is 0 Å². The van der Waals surface area contributed by atoms with Crippen LogP contribution >= 0.6 is 0 Å². The lowest BCUT2D eigenvalue weighted by Crippen LogP contribution is -2.50. The summed E-state index contributed by atoms with van der Waals surface area (Å²) < 4.78 is 0. The topological polar surface area (TPSA) is 35.6 Å². The van der Waals surface area contributed by atoms with Crippen molar-refractivity contribution < 1.29 is 4.79 Å². The highest BCUT2D eigenvalue weighted by atomic mass is 16.2. The third-order valence-corrected chi connectivity index (χ3v) is 4.70. The molecule has 0 bridgehead atoms. The molecule has 3 atom stereocenters. The molecule has 3 aliphatic heterocycles. The molecule has 1 N–H and O–H groups in total. The Labute approximate surface area is 103 Å². The van der Waals surface area contributed by atoms with E-state index in [0.717, 1.165) is 13.0 Å². The fourth-order valence-corrected chi connectivity index (χ4v) is 3.68. The summed E-state index contributed by atoms with van der Waals surface area (Å²) in [6.07, 6.45) is 6.23. The Morgan fingerprint density at radius 1 is 1.12 bits per heavy atom. The molecular formula is C13H23N3O. The van der Waals surface area contributed by atoms with Gasteiger partial charge in [-0.25, -0.2) is 0 Å². The molecule has 0 aromatic rings. The van der Waals surface area contributed by atoms with Gasteiger partial charge in [0.15, 0.2) is 0 Å². The van der Waals surface area contributed by atoms with Crippen molar-refractivity contribution in [3.8, 4) is 0 Å². The molecule has 0 aromatic carbocycles. The Balaban J connectivity index is 1.60. The average molecular weight is 237 g/mol. The van der Waals surface area contributed by atoms with E-state index in [2.05, 4.69) is 10.2 Å². The molecular weight excluding hydrogens is 214 g/mol. The Morgan fingerprint density at radius 2 is 2.00 bits per heavy atom. The molecule has 0 aromatic heterocycles. The van der Waals surface area contributed by atoms with Crippen LogP contribution in [0.1, 0.15) is 32.1 Å². The molecule has 3 fully saturated rings. The average Bonchev–Trinajstić information content (AvgIpc) is 2.89. The number of nitrogens with zero attached hydrogens (tertiary/aromatic N) is 2. The van der Waals surface area contributed by atoms with Crippen molar-refractivity contribution >= 4 is 5.91 Å². The Kier molecular flexibility index (Phi) is 3.09. The quantitative estimate of drug-likeness (QED) is 0.757. The monoisotopic (exact) mass is 237 g/mol. The van der Waals surface area contributed by atoms with E-state index in [9.17, 15) is 4.79 Å². The SMILES string of the molecule is CN1CCC(NC2CCN3CCCCC23)C1=O. The number of carbonyl (C=O) groups excluding carboxylic acids is 1. The number of amides is 1. The van der Waals surface area contributed by atoms with Crippen LogP contribution in [0.15, 0.2) is 0 Å². The standard InChI is InChI=1S/C13H23N3O/c1-15-8-5-11(13(15)17)14-10-6-9-16-7-3-2-4-12(10)16/h10-12,14H,2-9H2,1H3. The molecule has 96 valence electrons. The van der Waals surface area contributed by atoms with Crippen molar-refractivity contribution in [3.05, 3.63) is 0 Å². The number of likely N-dealkylation sites (N-methyl/N-ethyl adjacent to an activating group) is 1. The zero-order valence-corrected chi connectivity index (χ0v) is 10.7. The van der Waals surface area contributed by atoms with Crippen molar-refractivity contribution in [2.45, 2.75) is 50.2 Å². The molecule has 3 unspecified atom stereocenters. The molecule has 4 heteroatoms. The van der Waals surface area contributed by atoms with Crippen molar-refractivity contribution in [2.75, 3.05) is 26.7 Å². The molecule has 0 saturated carbocycles. The minimum Gasteiger partial charge on any atom is -0.344 e. The van der Waals surface area contributed by atoms with E-state index in [4.69, 9.17) is 0 Å². The van der Waals surface area contributed by atoms with Crippen molar-refractivity contribution in [1.82, 2.24) is 15.1 Å². The van der Waals surface area contributed by atoms with Gasteiger partial charge in [0.05, 0.1) is 6.04 Å². The van der Waals surface area contributed by atoms with Gasteiger partial charge in [0, 0.05) is 32.2 Å². The van der Waals surface area contributed by atoms with Crippen LogP contribution in [0.4, 0.5) is 0 Å². The van der Waals surface area contributed by atoms with E-state index < -0.39 is 0 Å². The predicted molar refractivity (Wildman–Crippen MR) is 66.8 cm³/mol. The van der Waals surface area contributed by atoms with Gasteiger partial charge < -0.3 is 10.2 Å². The van der Waals surface area contributed by atoms with Crippen molar-refractivity contribution in [1.29, 1.82) is 0 Å². The summed E-state index contributed by atoms with van der Waals surface area (Å²) in [5, 5.41) is 3.62. The summed E-state index contributed by atoms with van der Waals surface area (Å²) in [5.74, 6) is 0.291. The zero-order valence-electron chi connectivity index (χ0n) is 10.7. The summed E-state index contributed by atoms with van der Waals surface area (Å²) in [6, 6.07) is 1.34. The summed E-state index contributed by atoms with van der Waals surface area (Å²) in [4.78, 5) is 16.4. The van der Waals surface area contributed by atoms with Gasteiger partial charge in [-0.15, -0.1) is 0 Å². The molecule has 3 heterocycles. The summed E-state index contributed by atoms with van der Waals surface area (Å²) >= 11 is 0. The molecule has 3 aliphatic rings. The van der Waals surface area contributed by atoms with E-state index in [1.165, 1.54) is 38.8 Å². The van der Waals surface area contributed by atoms with Crippen LogP contribution in [0.25, 0.3) is 0 Å². The number of carbonyl (C=O) groups is 1. The molecule has 17 heavy (non-hydrogen) atoms. The molecule has 4 nitrogen and oxygen atoms in total. The lowest BCUT2D eigenvalue weighted by molar-refractivity contribution is -0.128. The van der Waals surface area contributed by atoms with Crippen LogP contribution < -0.4 is 5.32 Å². The minimum absolute atomic E-state index is 0.0897. The summed E-state index contributed by atoms with van der Waals surface area (Å²) in [7, 11) is 1.91. The number of hydrogen-bond donors (Lipinski definition) is 1. The third-order valence-electron chi connectivity index (χ3n) is 4.70. The maximum absolute atomic E-state index is 11.9. The highest BCUT2D eigenvalue weighted by Gasteiger charge is 2.39. The summed E-state index contributed by atoms with van der Waals surface area (Å²) in [5.41, 5.74) is 0. The minimum atomic E-state index is 0.0897. The van der Waals surface area contributed by atoms with Crippen molar-refractivity contribution in [2.24, 2.45) is 0 Å². The van der Waals surface area contributed by atoms with Gasteiger partial charge in [0.25, 0.3) is 0 Å². The fraction of sp³-hybridized carbons (Fsp3) is 0.923. The van der Waals surface area contributed by atoms with Gasteiger partial charge in [-0.2, -0.15) is 0 Å². The lowest BCUT2D eigenvalue weighted by Gasteiger charge is -2.33. The largest absolute Gasteiger partial charge is 0.344 e. The Bertz CT molecular complexity index is 307. The van der Waals surface area contributed by atoms with Gasteiger partial charge in [0.1, 0.15) is 0 Å². The van der Waals surface area contributed by atoms with E-state index in [1.54, 1.807) is 0 Å². The maximum Gasteiger partial charge on any atom is 0.239 e. The second kappa shape index (κ2) is 4.58. The number of piperidine rings is 1. The number of hydrogen-bond acceptors (Lipinski definition) is 3. The van der Waals surface area contributed by atoms with E-state index in [-0.39, 0.29) is 6.04 Å². The molecule has 3 rings (SSSR count). The van der Waals surface area contributed by atoms with Crippen LogP contribution in [0.2, 0.25) is 0 Å². The highest BCUT2D eigenvalue weighted by molar-refractivity contribution is 5.83. The number of fused-ring (bicyclic) bond motifs is 1. The maximum atomic E-state index is 11.9. The van der Waals surface area contributed by atoms with Gasteiger partial charge in [-0.1, -0.05) is 6.42 Å². The molecule has 0 spiro atoms. The number of rotatable bonds is 2. The second-order valence-corrected chi connectivity index (χ2v) is 5.76. The first-order valence-corrected chi connectivity index (χ1v) is 7.01. The fourth-order valence-electron chi connectivity index (χ4n) is 3.68. The van der Waals surface area contributed by atoms with Gasteiger partial charge in [-0.05, 0) is 32.2 Å². The van der Waals surface area contributed by atoms with Gasteiger partial charge in [-0.3, -0.25) is 9.69 Å². The molecule has 3 saturated heterocycles. The number of likely N-dealkylation sites (tertiary alicyclic amines) is 1. The van der Waals surface area contributed by atoms with Gasteiger partial charge >= 0.3 is 0 Å². The van der Waals surface area contributed by atoms with E-state index >= 15 is 0 Å². The molecule has 1 amide bonds. The number of nitrogens with one attached hydrogen (secondary N) is 1. The highest BCUT2D eigenvalue weighted by Crippen LogP contribution is 2.28. The first-order valence-electron chi connectivity index (χ1n) is 7.01. The van der Waals surface area contributed by atoms with Crippen LogP contribution in [-0.4, -0.2) is 60.5 Å². The molecule has 0 aliphatic carbocycles. The van der Waals surface area contributed by atoms with Crippen LogP contribution in [-0.2, 0) is 4.79 Å². The first kappa shape index (κ1) is 11.5. The first-order chi connectivity index (χ1) is 8.25. The lowest BCUT2D eigenvalue weighted by atomic mass is 9.98. The predicted octanol–water partition coefficient (Wildman–Crippen LogP) is 0.433. The third kappa shape index (κ3) is 2.08. The Hall–Kier alpha value is -0.610. The zero-order chi connectivity index (χ0) is 11.8. The van der Waals surface area contributed by atoms with E-state index in [1.807, 2.05) is 11.9 Å². The van der Waals surface area contributed by atoms with Crippen LogP contribution in [0, 0.1) is 0 Å². The van der Waals surface area contributed by atoms with Gasteiger partial charge in [0.2, 0.25) is 5.91 Å². The Morgan fingerprint density at radius 3 is 2.76 bits per heavy atom. The normalized spacial score (nSPS) is 38.8. The van der Waals surface area contributed by atoms with Crippen molar-refractivity contribution in [3.63, 3.8) is 0 Å². The van der Waals surface area contributed by atoms with E-state index in [0.29, 0.717) is 18.0 Å². The smallest absolute Gasteiger partial charge is 0.239 e. The summed E-state index contributed by atoms with van der Waals surface area (Å²) in [6.45, 7) is 3.40. The van der Waals surface area contributed by atoms with Crippen LogP contribution in [0.3, 0.4) is 0 Å². The molecule has 0 radical (unpaired) electrons. The second-order valence-electron chi connectivity index (χ2n) is 5.76.